The van der Waals surface area contributed by atoms with Crippen LogP contribution in [0.15, 0.2) is 48.5 Å². The molecule has 3 aromatic rings. The topological polar surface area (TPSA) is 70.0 Å². The number of piperidine rings is 1. The minimum absolute atomic E-state index is 0. The number of hydroxylamine groups is 1. The van der Waals surface area contributed by atoms with Crippen LogP contribution in [-0.4, -0.2) is 58.8 Å². The van der Waals surface area contributed by atoms with Crippen LogP contribution in [0.5, 0.6) is 5.75 Å². The van der Waals surface area contributed by atoms with Crippen molar-refractivity contribution < 1.29 is 14.7 Å². The second kappa shape index (κ2) is 14.0. The lowest BCUT2D eigenvalue weighted by atomic mass is 10.0. The van der Waals surface area contributed by atoms with E-state index in [0.29, 0.717) is 0 Å². The number of carbonyl (C=O) groups excluding carboxylic acids is 1. The van der Waals surface area contributed by atoms with E-state index in [4.69, 9.17) is 9.94 Å². The van der Waals surface area contributed by atoms with Crippen molar-refractivity contribution in [1.82, 2.24) is 19.8 Å². The first kappa shape index (κ1) is 30.0. The quantitative estimate of drug-likeness (QED) is 0.229. The summed E-state index contributed by atoms with van der Waals surface area (Å²) in [5.74, 6) is 0.355. The molecule has 5 rings (SSSR count). The first-order chi connectivity index (χ1) is 17.6. The number of methoxy groups -OCH3 is 1. The van der Waals surface area contributed by atoms with E-state index in [1.807, 2.05) is 12.1 Å². The summed E-state index contributed by atoms with van der Waals surface area (Å²) in [6.07, 6.45) is 8.10. The summed E-state index contributed by atoms with van der Waals surface area (Å²) < 4.78 is 7.85. The Bertz CT molecular complexity index is 1240. The molecule has 1 aromatic heterocycles. The molecule has 0 bridgehead atoms. The van der Waals surface area contributed by atoms with Gasteiger partial charge in [-0.2, -0.15) is 0 Å². The van der Waals surface area contributed by atoms with Crippen molar-refractivity contribution in [3.8, 4) is 5.75 Å². The van der Waals surface area contributed by atoms with E-state index in [-0.39, 0.29) is 24.8 Å². The molecular formula is C29H38Cl2N4O3. The van der Waals surface area contributed by atoms with E-state index in [1.54, 1.807) is 18.7 Å². The van der Waals surface area contributed by atoms with Crippen molar-refractivity contribution in [3.05, 3.63) is 70.9 Å². The lowest BCUT2D eigenvalue weighted by Crippen LogP contribution is -2.34. The average Bonchev–Trinajstić information content (AvgIpc) is 3.23. The lowest BCUT2D eigenvalue weighted by Gasteiger charge is -2.29. The van der Waals surface area contributed by atoms with Crippen LogP contribution in [0.25, 0.3) is 17.0 Å². The van der Waals surface area contributed by atoms with Crippen LogP contribution in [0.2, 0.25) is 0 Å². The third-order valence-corrected chi connectivity index (χ3v) is 7.55. The normalized spacial score (nSPS) is 16.1. The van der Waals surface area contributed by atoms with Gasteiger partial charge in [0.2, 0.25) is 0 Å². The van der Waals surface area contributed by atoms with E-state index in [9.17, 15) is 4.79 Å². The summed E-state index contributed by atoms with van der Waals surface area (Å²) in [5, 5.41) is 10.1. The van der Waals surface area contributed by atoms with E-state index in [0.717, 1.165) is 50.5 Å². The van der Waals surface area contributed by atoms with Gasteiger partial charge in [0.05, 0.1) is 7.11 Å². The molecule has 206 valence electrons. The number of hydrogen-bond acceptors (Lipinski definition) is 5. The van der Waals surface area contributed by atoms with Crippen LogP contribution >= 0.6 is 24.8 Å². The molecule has 0 atom stereocenters. The Kier molecular flexibility index (Phi) is 11.1. The van der Waals surface area contributed by atoms with Gasteiger partial charge < -0.3 is 14.2 Å². The van der Waals surface area contributed by atoms with Gasteiger partial charge in [0.25, 0.3) is 5.91 Å². The standard InChI is InChI=1S/C29H36N4O3.2ClH/c1-36-24-9-5-23(6-10-24)20-32-16-13-28-26(21-32)25-19-22(8-12-29(34)30-35)7-11-27(25)33(28)18-17-31-14-3-2-4-15-31;;/h5-12,19,35H,2-4,13-18,20-21H2,1H3,(H,30,34);2*1H/b12-8+;;. The molecule has 2 aromatic carbocycles. The van der Waals surface area contributed by atoms with E-state index < -0.39 is 5.91 Å². The largest absolute Gasteiger partial charge is 0.497 e. The molecule has 9 heteroatoms. The number of amides is 1. The van der Waals surface area contributed by atoms with Crippen LogP contribution in [0.4, 0.5) is 0 Å². The fourth-order valence-electron chi connectivity index (χ4n) is 5.64. The van der Waals surface area contributed by atoms with Gasteiger partial charge in [-0.25, -0.2) is 5.48 Å². The molecule has 2 aliphatic heterocycles. The Balaban J connectivity index is 0.00000200. The van der Waals surface area contributed by atoms with E-state index in [2.05, 4.69) is 44.7 Å². The predicted molar refractivity (Wildman–Crippen MR) is 157 cm³/mol. The Morgan fingerprint density at radius 1 is 1.00 bits per heavy atom. The van der Waals surface area contributed by atoms with E-state index >= 15 is 0 Å². The molecule has 7 nitrogen and oxygen atoms in total. The highest BCUT2D eigenvalue weighted by molar-refractivity contribution is 5.93. The minimum atomic E-state index is -0.526. The highest BCUT2D eigenvalue weighted by Crippen LogP contribution is 2.33. The maximum absolute atomic E-state index is 11.5. The maximum Gasteiger partial charge on any atom is 0.267 e. The molecule has 1 saturated heterocycles. The van der Waals surface area contributed by atoms with Crippen molar-refractivity contribution in [1.29, 1.82) is 0 Å². The van der Waals surface area contributed by atoms with Crippen LogP contribution in [0.3, 0.4) is 0 Å². The fraction of sp³-hybridized carbons (Fsp3) is 0.414. The number of nitrogens with zero attached hydrogens (tertiary/aromatic N) is 3. The monoisotopic (exact) mass is 560 g/mol. The third-order valence-electron chi connectivity index (χ3n) is 7.55. The number of benzene rings is 2. The van der Waals surface area contributed by atoms with Crippen molar-refractivity contribution >= 4 is 47.7 Å². The van der Waals surface area contributed by atoms with Gasteiger partial charge in [0.1, 0.15) is 5.75 Å². The maximum atomic E-state index is 11.5. The molecule has 0 spiro atoms. The Labute approximate surface area is 237 Å². The summed E-state index contributed by atoms with van der Waals surface area (Å²) >= 11 is 0. The molecule has 2 aliphatic rings. The predicted octanol–water partition coefficient (Wildman–Crippen LogP) is 5.06. The molecule has 1 fully saturated rings. The van der Waals surface area contributed by atoms with Crippen LogP contribution < -0.4 is 10.2 Å². The molecule has 1 amide bonds. The Morgan fingerprint density at radius 3 is 2.47 bits per heavy atom. The molecule has 0 saturated carbocycles. The number of carbonyl (C=O) groups is 1. The minimum Gasteiger partial charge on any atom is -0.497 e. The van der Waals surface area contributed by atoms with Gasteiger partial charge in [-0.1, -0.05) is 24.6 Å². The molecule has 38 heavy (non-hydrogen) atoms. The van der Waals surface area contributed by atoms with E-state index in [1.165, 1.54) is 66.2 Å². The number of fused-ring (bicyclic) bond motifs is 3. The van der Waals surface area contributed by atoms with Crippen molar-refractivity contribution in [3.63, 3.8) is 0 Å². The fourth-order valence-corrected chi connectivity index (χ4v) is 5.64. The van der Waals surface area contributed by atoms with Crippen molar-refractivity contribution in [2.45, 2.75) is 45.3 Å². The SMILES string of the molecule is COc1ccc(CN2CCc3c(c4cc(/C=C/C(=O)NO)ccc4n3CCN3CCCCC3)C2)cc1.Cl.Cl. The number of nitrogens with one attached hydrogen (secondary N) is 1. The zero-order valence-corrected chi connectivity index (χ0v) is 23.5. The van der Waals surface area contributed by atoms with Crippen LogP contribution in [0, 0.1) is 0 Å². The zero-order chi connectivity index (χ0) is 24.9. The van der Waals surface area contributed by atoms with Crippen molar-refractivity contribution in [2.24, 2.45) is 0 Å². The van der Waals surface area contributed by atoms with Gasteiger partial charge in [-0.3, -0.25) is 14.9 Å². The second-order valence-corrected chi connectivity index (χ2v) is 9.87. The Morgan fingerprint density at radius 2 is 1.76 bits per heavy atom. The van der Waals surface area contributed by atoms with Gasteiger partial charge in [0.15, 0.2) is 0 Å². The number of aromatic nitrogens is 1. The summed E-state index contributed by atoms with van der Waals surface area (Å²) in [7, 11) is 1.70. The number of rotatable bonds is 8. The van der Waals surface area contributed by atoms with Crippen LogP contribution in [0.1, 0.15) is 41.6 Å². The van der Waals surface area contributed by atoms with Gasteiger partial charge in [0, 0.05) is 61.8 Å². The molecule has 2 N–H and O–H groups in total. The Hall–Kier alpha value is -2.55. The zero-order valence-electron chi connectivity index (χ0n) is 21.9. The van der Waals surface area contributed by atoms with Crippen molar-refractivity contribution in [2.75, 3.05) is 33.3 Å². The molecule has 0 aliphatic carbocycles. The highest BCUT2D eigenvalue weighted by Gasteiger charge is 2.24. The molecular weight excluding hydrogens is 523 g/mol. The van der Waals surface area contributed by atoms with Gasteiger partial charge >= 0.3 is 0 Å². The number of ether oxygens (including phenoxy) is 1. The highest BCUT2D eigenvalue weighted by atomic mass is 35.5. The molecule has 3 heterocycles. The first-order valence-corrected chi connectivity index (χ1v) is 13.0. The summed E-state index contributed by atoms with van der Waals surface area (Å²) in [6, 6.07) is 14.8. The van der Waals surface area contributed by atoms with Crippen LogP contribution in [-0.2, 0) is 30.8 Å². The summed E-state index contributed by atoms with van der Waals surface area (Å²) in [6.45, 7) is 7.34. The smallest absolute Gasteiger partial charge is 0.267 e. The average molecular weight is 562 g/mol. The third kappa shape index (κ3) is 6.90. The number of hydrogen-bond donors (Lipinski definition) is 2. The second-order valence-electron chi connectivity index (χ2n) is 9.87. The van der Waals surface area contributed by atoms with Gasteiger partial charge in [-0.15, -0.1) is 24.8 Å². The first-order valence-electron chi connectivity index (χ1n) is 13.0. The molecule has 0 radical (unpaired) electrons. The lowest BCUT2D eigenvalue weighted by molar-refractivity contribution is -0.124. The number of likely N-dealkylation sites (tertiary alicyclic amines) is 1. The summed E-state index contributed by atoms with van der Waals surface area (Å²) in [4.78, 5) is 16.6. The summed E-state index contributed by atoms with van der Waals surface area (Å²) in [5.41, 5.74) is 8.01. The van der Waals surface area contributed by atoms with Gasteiger partial charge in [-0.05, 0) is 73.0 Å². The molecule has 0 unspecified atom stereocenters. The number of halogens is 2.